The van der Waals surface area contributed by atoms with Crippen LogP contribution in [0.15, 0.2) is 23.8 Å². The minimum absolute atomic E-state index is 0.00459. The number of nitrogens with zero attached hydrogens (tertiary/aromatic N) is 1. The minimum atomic E-state index is -1.58. The summed E-state index contributed by atoms with van der Waals surface area (Å²) in [4.78, 5) is 12.4. The Morgan fingerprint density at radius 2 is 1.72 bits per heavy atom. The molecule has 0 unspecified atom stereocenters. The second-order valence-corrected chi connectivity index (χ2v) is 7.80. The molecule has 3 nitrogen and oxygen atoms in total. The quantitative estimate of drug-likeness (QED) is 0.165. The summed E-state index contributed by atoms with van der Waals surface area (Å²) in [5.74, 6) is -7.89. The van der Waals surface area contributed by atoms with Crippen LogP contribution in [0.4, 0.5) is 17.6 Å². The largest absolute Gasteiger partial charge is 0.460 e. The zero-order valence-electron chi connectivity index (χ0n) is 16.2. The van der Waals surface area contributed by atoms with Gasteiger partial charge in [0, 0.05) is 11.1 Å². The average molecular weight is 427 g/mol. The molecule has 1 aromatic carbocycles. The monoisotopic (exact) mass is 427 g/mol. The number of rotatable bonds is 7. The summed E-state index contributed by atoms with van der Waals surface area (Å²) >= 11 is 3.81. The summed E-state index contributed by atoms with van der Waals surface area (Å²) in [6, 6.07) is 2.01. The maximum atomic E-state index is 14.2. The van der Waals surface area contributed by atoms with E-state index in [-0.39, 0.29) is 18.1 Å². The van der Waals surface area contributed by atoms with E-state index < -0.39 is 58.3 Å². The number of allylic oxidation sites excluding steroid dienone is 4. The molecule has 0 N–H and O–H groups in total. The zero-order valence-corrected chi connectivity index (χ0v) is 17.1. The van der Waals surface area contributed by atoms with Crippen molar-refractivity contribution in [1.29, 1.82) is 5.26 Å². The SMILES string of the molecule is C/C=C/C(C#N)=C/[C@@H]1[C@@H](C(=O)OCc2c(F)c(F)c(CCS)c(F)c2F)C1(C)C. The molecular weight excluding hydrogens is 406 g/mol. The highest BCUT2D eigenvalue weighted by molar-refractivity contribution is 7.80. The topological polar surface area (TPSA) is 50.1 Å². The van der Waals surface area contributed by atoms with Crippen LogP contribution < -0.4 is 0 Å². The molecule has 2 atom stereocenters. The van der Waals surface area contributed by atoms with Gasteiger partial charge in [-0.25, -0.2) is 17.6 Å². The first-order valence-corrected chi connectivity index (χ1v) is 9.60. The Morgan fingerprint density at radius 3 is 2.21 bits per heavy atom. The van der Waals surface area contributed by atoms with Gasteiger partial charge in [0.15, 0.2) is 23.3 Å². The highest BCUT2D eigenvalue weighted by atomic mass is 32.1. The van der Waals surface area contributed by atoms with Gasteiger partial charge in [0.2, 0.25) is 0 Å². The molecular formula is C21H21F4NO2S. The molecule has 8 heteroatoms. The fourth-order valence-electron chi connectivity index (χ4n) is 3.36. The lowest BCUT2D eigenvalue weighted by atomic mass is 10.1. The number of ether oxygens (including phenoxy) is 1. The summed E-state index contributed by atoms with van der Waals surface area (Å²) in [6.07, 6.45) is 4.63. The van der Waals surface area contributed by atoms with Crippen molar-refractivity contribution in [2.45, 2.75) is 33.8 Å². The van der Waals surface area contributed by atoms with Crippen LogP contribution in [0.3, 0.4) is 0 Å². The number of halogens is 4. The van der Waals surface area contributed by atoms with Crippen LogP contribution in [0.2, 0.25) is 0 Å². The Kier molecular flexibility index (Phi) is 7.17. The number of hydrogen-bond acceptors (Lipinski definition) is 4. The molecule has 1 aliphatic carbocycles. The summed E-state index contributed by atoms with van der Waals surface area (Å²) < 4.78 is 61.4. The van der Waals surface area contributed by atoms with Gasteiger partial charge in [-0.1, -0.05) is 26.0 Å². The Bertz CT molecular complexity index is 889. The predicted molar refractivity (Wildman–Crippen MR) is 103 cm³/mol. The molecule has 0 aliphatic heterocycles. The average Bonchev–Trinajstić information content (AvgIpc) is 3.22. The molecule has 1 aromatic rings. The van der Waals surface area contributed by atoms with Crippen LogP contribution in [0.25, 0.3) is 0 Å². The van der Waals surface area contributed by atoms with Gasteiger partial charge in [-0.2, -0.15) is 17.9 Å². The maximum Gasteiger partial charge on any atom is 0.310 e. The van der Waals surface area contributed by atoms with E-state index in [9.17, 15) is 22.4 Å². The first-order chi connectivity index (χ1) is 13.6. The zero-order chi connectivity index (χ0) is 21.9. The second kappa shape index (κ2) is 9.04. The summed E-state index contributed by atoms with van der Waals surface area (Å²) in [5.41, 5.74) is -1.85. The van der Waals surface area contributed by atoms with Crippen molar-refractivity contribution in [3.05, 3.63) is 58.2 Å². The van der Waals surface area contributed by atoms with Crippen molar-refractivity contribution in [1.82, 2.24) is 0 Å². The minimum Gasteiger partial charge on any atom is -0.460 e. The van der Waals surface area contributed by atoms with Gasteiger partial charge in [0.1, 0.15) is 6.61 Å². The van der Waals surface area contributed by atoms with Crippen LogP contribution in [-0.2, 0) is 22.6 Å². The Labute approximate surface area is 172 Å². The molecule has 0 spiro atoms. The van der Waals surface area contributed by atoms with Crippen LogP contribution >= 0.6 is 12.6 Å². The first-order valence-electron chi connectivity index (χ1n) is 8.97. The number of thiol groups is 1. The molecule has 2 rings (SSSR count). The molecule has 0 saturated heterocycles. The van der Waals surface area contributed by atoms with Crippen molar-refractivity contribution < 1.29 is 27.1 Å². The third-order valence-corrected chi connectivity index (χ3v) is 5.39. The van der Waals surface area contributed by atoms with E-state index in [1.807, 2.05) is 6.07 Å². The van der Waals surface area contributed by atoms with Gasteiger partial charge in [-0.3, -0.25) is 4.79 Å². The Balaban J connectivity index is 2.19. The summed E-state index contributed by atoms with van der Waals surface area (Å²) in [7, 11) is 0. The van der Waals surface area contributed by atoms with Gasteiger partial charge in [-0.05, 0) is 36.5 Å². The van der Waals surface area contributed by atoms with E-state index >= 15 is 0 Å². The maximum absolute atomic E-state index is 14.2. The highest BCUT2D eigenvalue weighted by Crippen LogP contribution is 2.60. The number of carbonyl (C=O) groups is 1. The van der Waals surface area contributed by atoms with Crippen molar-refractivity contribution in [2.24, 2.45) is 17.3 Å². The van der Waals surface area contributed by atoms with E-state index in [0.717, 1.165) is 0 Å². The second-order valence-electron chi connectivity index (χ2n) is 7.35. The molecule has 1 fully saturated rings. The third kappa shape index (κ3) is 4.50. The van der Waals surface area contributed by atoms with Crippen molar-refractivity contribution >= 4 is 18.6 Å². The van der Waals surface area contributed by atoms with Gasteiger partial charge < -0.3 is 4.74 Å². The fraction of sp³-hybridized carbons (Fsp3) is 0.429. The standard InChI is InChI=1S/C21H21F4NO2S/c1-4-5-11(9-26)8-14-15(21(14,2)3)20(27)28-10-13-18(24)16(22)12(6-7-29)17(23)19(13)25/h4-5,8,14-15,29H,6-7,10H2,1-3H3/b5-4+,11-8-/t14-,15+/m1/s1. The molecule has 156 valence electrons. The molecule has 0 aromatic heterocycles. The molecule has 0 amide bonds. The van der Waals surface area contributed by atoms with Crippen molar-refractivity contribution in [3.63, 3.8) is 0 Å². The van der Waals surface area contributed by atoms with Crippen LogP contribution in [0.1, 0.15) is 31.9 Å². The van der Waals surface area contributed by atoms with Crippen molar-refractivity contribution in [3.8, 4) is 6.07 Å². The molecule has 0 radical (unpaired) electrons. The number of carbonyl (C=O) groups excluding carboxylic acids is 1. The van der Waals surface area contributed by atoms with Gasteiger partial charge in [0.05, 0.1) is 17.6 Å². The Hall–Kier alpha value is -2.27. The Morgan fingerprint density at radius 1 is 1.17 bits per heavy atom. The van der Waals surface area contributed by atoms with Gasteiger partial charge >= 0.3 is 5.97 Å². The van der Waals surface area contributed by atoms with Crippen molar-refractivity contribution in [2.75, 3.05) is 5.75 Å². The number of esters is 1. The van der Waals surface area contributed by atoms with Gasteiger partial charge in [0.25, 0.3) is 0 Å². The van der Waals surface area contributed by atoms with E-state index in [1.54, 1.807) is 39.0 Å². The van der Waals surface area contributed by atoms with E-state index in [2.05, 4.69) is 12.6 Å². The van der Waals surface area contributed by atoms with Crippen LogP contribution in [0.5, 0.6) is 0 Å². The lowest BCUT2D eigenvalue weighted by Gasteiger charge is -2.12. The van der Waals surface area contributed by atoms with E-state index in [0.29, 0.717) is 5.57 Å². The predicted octanol–water partition coefficient (Wildman–Crippen LogP) is 5.06. The molecule has 29 heavy (non-hydrogen) atoms. The number of benzene rings is 1. The smallest absolute Gasteiger partial charge is 0.310 e. The lowest BCUT2D eigenvalue weighted by molar-refractivity contribution is -0.147. The third-order valence-electron chi connectivity index (χ3n) is 5.16. The van der Waals surface area contributed by atoms with E-state index in [1.165, 1.54) is 0 Å². The molecule has 1 saturated carbocycles. The number of nitriles is 1. The lowest BCUT2D eigenvalue weighted by Crippen LogP contribution is -2.15. The molecule has 1 aliphatic rings. The van der Waals surface area contributed by atoms with Gasteiger partial charge in [-0.15, -0.1) is 0 Å². The highest BCUT2D eigenvalue weighted by Gasteiger charge is 2.61. The molecule has 0 bridgehead atoms. The van der Waals surface area contributed by atoms with Crippen LogP contribution in [0, 0.1) is 51.9 Å². The number of hydrogen-bond donors (Lipinski definition) is 1. The fourth-order valence-corrected chi connectivity index (χ4v) is 3.58. The molecule has 0 heterocycles. The summed E-state index contributed by atoms with van der Waals surface area (Å²) in [6.45, 7) is 4.39. The first kappa shape index (κ1) is 23.0. The normalized spacial score (nSPS) is 20.6. The van der Waals surface area contributed by atoms with E-state index in [4.69, 9.17) is 10.00 Å². The van der Waals surface area contributed by atoms with Crippen LogP contribution in [-0.4, -0.2) is 11.7 Å². The summed E-state index contributed by atoms with van der Waals surface area (Å²) in [5, 5.41) is 9.11.